The molecule has 0 atom stereocenters. The zero-order valence-corrected chi connectivity index (χ0v) is 9.19. The van der Waals surface area contributed by atoms with Crippen molar-refractivity contribution in [3.8, 4) is 5.75 Å². The Morgan fingerprint density at radius 3 is 2.31 bits per heavy atom. The van der Waals surface area contributed by atoms with Crippen LogP contribution in [0.3, 0.4) is 0 Å². The predicted molar refractivity (Wildman–Crippen MR) is 57.9 cm³/mol. The third-order valence-corrected chi connectivity index (χ3v) is 1.53. The van der Waals surface area contributed by atoms with Gasteiger partial charge in [-0.2, -0.15) is 0 Å². The lowest BCUT2D eigenvalue weighted by molar-refractivity contribution is 0.0690. The Labute approximate surface area is 92.5 Å². The van der Waals surface area contributed by atoms with Crippen LogP contribution in [0.15, 0.2) is 17.1 Å². The Bertz CT molecular complexity index is 383. The first-order chi connectivity index (χ1) is 7.52. The Kier molecular flexibility index (Phi) is 6.62. The van der Waals surface area contributed by atoms with Crippen molar-refractivity contribution < 1.29 is 19.7 Å². The van der Waals surface area contributed by atoms with Crippen molar-refractivity contribution in [2.45, 2.75) is 13.8 Å². The van der Waals surface area contributed by atoms with Crippen LogP contribution >= 0.6 is 0 Å². The minimum Gasteiger partial charge on any atom is -0.503 e. The van der Waals surface area contributed by atoms with Crippen LogP contribution < -0.4 is 5.43 Å². The minimum atomic E-state index is -1.23. The Morgan fingerprint density at radius 2 is 2.00 bits per heavy atom. The van der Waals surface area contributed by atoms with E-state index in [2.05, 4.69) is 4.98 Å². The quantitative estimate of drug-likeness (QED) is 0.712. The standard InChI is InChI=1S/C6H5NO4.C4H10O/c8-4-1-3(6(10)11)7-2-5(4)9;1-3-5-4-2/h1-2,9H,(H,7,8)(H,10,11);3-4H2,1-2H3. The summed E-state index contributed by atoms with van der Waals surface area (Å²) >= 11 is 0. The van der Waals surface area contributed by atoms with E-state index in [1.165, 1.54) is 0 Å². The van der Waals surface area contributed by atoms with Gasteiger partial charge in [0.1, 0.15) is 5.69 Å². The monoisotopic (exact) mass is 229 g/mol. The average Bonchev–Trinajstić information content (AvgIpc) is 2.24. The highest BCUT2D eigenvalue weighted by atomic mass is 16.5. The molecule has 0 saturated carbocycles. The molecule has 1 heterocycles. The summed E-state index contributed by atoms with van der Waals surface area (Å²) in [6.45, 7) is 5.67. The third kappa shape index (κ3) is 5.16. The molecule has 0 bridgehead atoms. The van der Waals surface area contributed by atoms with Crippen LogP contribution in [-0.2, 0) is 4.74 Å². The molecule has 3 N–H and O–H groups in total. The summed E-state index contributed by atoms with van der Waals surface area (Å²) < 4.78 is 4.83. The second kappa shape index (κ2) is 7.47. The third-order valence-electron chi connectivity index (χ3n) is 1.53. The van der Waals surface area contributed by atoms with E-state index in [4.69, 9.17) is 14.9 Å². The molecule has 6 heteroatoms. The van der Waals surface area contributed by atoms with Crippen molar-refractivity contribution in [3.63, 3.8) is 0 Å². The van der Waals surface area contributed by atoms with Gasteiger partial charge in [0.15, 0.2) is 5.75 Å². The number of rotatable bonds is 3. The van der Waals surface area contributed by atoms with Gasteiger partial charge in [-0.15, -0.1) is 0 Å². The second-order valence-electron chi connectivity index (χ2n) is 2.68. The van der Waals surface area contributed by atoms with Gasteiger partial charge in [0, 0.05) is 25.5 Å². The molecule has 1 aromatic rings. The molecule has 16 heavy (non-hydrogen) atoms. The smallest absolute Gasteiger partial charge is 0.352 e. The van der Waals surface area contributed by atoms with Crippen LogP contribution in [0, 0.1) is 0 Å². The lowest BCUT2D eigenvalue weighted by atomic mass is 10.3. The van der Waals surface area contributed by atoms with Crippen molar-refractivity contribution in [3.05, 3.63) is 28.2 Å². The first-order valence-electron chi connectivity index (χ1n) is 4.75. The first kappa shape index (κ1) is 14.2. The number of carboxylic acids is 1. The van der Waals surface area contributed by atoms with Crippen molar-refractivity contribution in [2.24, 2.45) is 0 Å². The van der Waals surface area contributed by atoms with E-state index in [1.807, 2.05) is 13.8 Å². The van der Waals surface area contributed by atoms with Crippen molar-refractivity contribution in [2.75, 3.05) is 13.2 Å². The van der Waals surface area contributed by atoms with E-state index >= 15 is 0 Å². The number of carbonyl (C=O) groups is 1. The van der Waals surface area contributed by atoms with Gasteiger partial charge in [-0.05, 0) is 13.8 Å². The Balaban J connectivity index is 0.000000385. The number of hydrogen-bond acceptors (Lipinski definition) is 4. The summed E-state index contributed by atoms with van der Waals surface area (Å²) in [6.07, 6.45) is 0.936. The zero-order chi connectivity index (χ0) is 12.6. The van der Waals surface area contributed by atoms with Gasteiger partial charge in [-0.1, -0.05) is 0 Å². The summed E-state index contributed by atoms with van der Waals surface area (Å²) in [4.78, 5) is 23.1. The van der Waals surface area contributed by atoms with Crippen molar-refractivity contribution in [1.82, 2.24) is 4.98 Å². The van der Waals surface area contributed by atoms with Crippen LogP contribution in [-0.4, -0.2) is 34.4 Å². The molecule has 1 aromatic heterocycles. The normalized spacial score (nSPS) is 9.12. The average molecular weight is 229 g/mol. The number of ether oxygens (including phenoxy) is 1. The molecular weight excluding hydrogens is 214 g/mol. The van der Waals surface area contributed by atoms with Crippen LogP contribution in [0.4, 0.5) is 0 Å². The molecule has 0 amide bonds. The highest BCUT2D eigenvalue weighted by molar-refractivity contribution is 5.85. The van der Waals surface area contributed by atoms with E-state index in [9.17, 15) is 9.59 Å². The molecule has 0 aliphatic rings. The highest BCUT2D eigenvalue weighted by Crippen LogP contribution is 1.97. The summed E-state index contributed by atoms with van der Waals surface area (Å²) in [6, 6.07) is 0.817. The first-order valence-corrected chi connectivity index (χ1v) is 4.75. The minimum absolute atomic E-state index is 0.243. The Morgan fingerprint density at radius 1 is 1.44 bits per heavy atom. The summed E-state index contributed by atoms with van der Waals surface area (Å²) in [7, 11) is 0. The van der Waals surface area contributed by atoms with Crippen molar-refractivity contribution >= 4 is 5.97 Å². The number of carboxylic acid groups (broad SMARTS) is 1. The summed E-state index contributed by atoms with van der Waals surface area (Å²) in [5, 5.41) is 17.0. The molecule has 0 fully saturated rings. The van der Waals surface area contributed by atoms with Crippen molar-refractivity contribution in [1.29, 1.82) is 0 Å². The topological polar surface area (TPSA) is 99.6 Å². The fourth-order valence-electron chi connectivity index (χ4n) is 0.792. The number of aromatic nitrogens is 1. The van der Waals surface area contributed by atoms with E-state index in [0.717, 1.165) is 25.5 Å². The maximum absolute atomic E-state index is 10.6. The van der Waals surface area contributed by atoms with Crippen LogP contribution in [0.1, 0.15) is 24.3 Å². The van der Waals surface area contributed by atoms with Gasteiger partial charge in [0.25, 0.3) is 0 Å². The largest absolute Gasteiger partial charge is 0.503 e. The van der Waals surface area contributed by atoms with Gasteiger partial charge < -0.3 is 19.9 Å². The summed E-state index contributed by atoms with van der Waals surface area (Å²) in [5.74, 6) is -1.72. The molecule has 0 aliphatic carbocycles. The highest BCUT2D eigenvalue weighted by Gasteiger charge is 2.04. The van der Waals surface area contributed by atoms with Crippen LogP contribution in [0.5, 0.6) is 5.75 Å². The lowest BCUT2D eigenvalue weighted by Gasteiger charge is -1.92. The second-order valence-corrected chi connectivity index (χ2v) is 2.68. The molecule has 0 aromatic carbocycles. The van der Waals surface area contributed by atoms with Gasteiger partial charge in [-0.25, -0.2) is 4.79 Å². The van der Waals surface area contributed by atoms with E-state index in [0.29, 0.717) is 0 Å². The molecule has 0 radical (unpaired) electrons. The number of hydrogen-bond donors (Lipinski definition) is 3. The molecule has 6 nitrogen and oxygen atoms in total. The summed E-state index contributed by atoms with van der Waals surface area (Å²) in [5.41, 5.74) is -0.950. The van der Waals surface area contributed by atoms with Gasteiger partial charge in [-0.3, -0.25) is 4.79 Å². The van der Waals surface area contributed by atoms with E-state index in [-0.39, 0.29) is 5.69 Å². The number of aromatic amines is 1. The zero-order valence-electron chi connectivity index (χ0n) is 9.19. The number of pyridine rings is 1. The molecule has 0 aliphatic heterocycles. The number of H-pyrrole nitrogens is 1. The lowest BCUT2D eigenvalue weighted by Crippen LogP contribution is -2.07. The maximum atomic E-state index is 10.6. The van der Waals surface area contributed by atoms with E-state index in [1.54, 1.807) is 0 Å². The molecule has 0 spiro atoms. The maximum Gasteiger partial charge on any atom is 0.352 e. The van der Waals surface area contributed by atoms with Gasteiger partial charge in [0.2, 0.25) is 5.43 Å². The van der Waals surface area contributed by atoms with Crippen LogP contribution in [0.2, 0.25) is 0 Å². The SMILES string of the molecule is CCOCC.O=C(O)c1cc(=O)c(O)c[nH]1. The van der Waals surface area contributed by atoms with Gasteiger partial charge >= 0.3 is 5.97 Å². The predicted octanol–water partition coefficient (Wildman–Crippen LogP) is 0.821. The molecule has 1 rings (SSSR count). The fourth-order valence-corrected chi connectivity index (χ4v) is 0.792. The molecule has 0 unspecified atom stereocenters. The number of aromatic hydroxyl groups is 1. The number of nitrogens with one attached hydrogen (secondary N) is 1. The van der Waals surface area contributed by atoms with Crippen LogP contribution in [0.25, 0.3) is 0 Å². The number of aromatic carboxylic acids is 1. The Hall–Kier alpha value is -1.82. The van der Waals surface area contributed by atoms with E-state index < -0.39 is 17.1 Å². The molecule has 0 saturated heterocycles. The van der Waals surface area contributed by atoms with Gasteiger partial charge in [0.05, 0.1) is 0 Å². The molecule has 90 valence electrons. The molecular formula is C10H15NO5. The fraction of sp³-hybridized carbons (Fsp3) is 0.400.